The van der Waals surface area contributed by atoms with Gasteiger partial charge in [0.05, 0.1) is 33.9 Å². The number of sulfonamides is 1. The van der Waals surface area contributed by atoms with E-state index in [1.807, 2.05) is 0 Å². The molecule has 0 saturated carbocycles. The maximum Gasteiger partial charge on any atom is 0.490 e. The van der Waals surface area contributed by atoms with Crippen molar-refractivity contribution in [2.45, 2.75) is 23.8 Å². The molecule has 3 rings (SSSR count). The van der Waals surface area contributed by atoms with Crippen LogP contribution in [0.5, 0.6) is 0 Å². The van der Waals surface area contributed by atoms with E-state index in [2.05, 4.69) is 15.0 Å². The third kappa shape index (κ3) is 8.60. The summed E-state index contributed by atoms with van der Waals surface area (Å²) in [5.74, 6) is -3.78. The number of hydrogen-bond donors (Lipinski definition) is 4. The summed E-state index contributed by atoms with van der Waals surface area (Å²) in [6.45, 7) is -0.107. The van der Waals surface area contributed by atoms with Crippen LogP contribution in [0.4, 0.5) is 32.0 Å². The fraction of sp³-hybridized carbons (Fsp3) is 0.190. The zero-order valence-electron chi connectivity index (χ0n) is 18.3. The summed E-state index contributed by atoms with van der Waals surface area (Å²) < 4.78 is 97.5. The number of carbonyl (C=O) groups is 2. The van der Waals surface area contributed by atoms with Crippen molar-refractivity contribution in [2.24, 2.45) is 0 Å². The van der Waals surface area contributed by atoms with Crippen molar-refractivity contribution in [3.05, 3.63) is 65.9 Å². The van der Waals surface area contributed by atoms with Crippen molar-refractivity contribution >= 4 is 38.6 Å². The molecule has 1 heterocycles. The highest BCUT2D eigenvalue weighted by Gasteiger charge is 2.38. The number of aromatic nitrogens is 1. The van der Waals surface area contributed by atoms with Crippen LogP contribution in [0.1, 0.15) is 11.3 Å². The van der Waals surface area contributed by atoms with Crippen LogP contribution in [0, 0.1) is 0 Å². The summed E-state index contributed by atoms with van der Waals surface area (Å²) >= 11 is 0. The highest BCUT2D eigenvalue weighted by atomic mass is 32.2. The molecule has 0 unspecified atom stereocenters. The zero-order chi connectivity index (χ0) is 28.0. The van der Waals surface area contributed by atoms with E-state index in [1.165, 1.54) is 6.07 Å². The molecule has 0 aliphatic heterocycles. The number of carboxylic acid groups (broad SMARTS) is 2. The molecule has 37 heavy (non-hydrogen) atoms. The molecule has 0 fully saturated rings. The number of pyridine rings is 1. The molecule has 16 heteroatoms. The van der Waals surface area contributed by atoms with E-state index in [-0.39, 0.29) is 23.7 Å². The second-order valence-electron chi connectivity index (χ2n) is 7.11. The molecule has 0 atom stereocenters. The molecule has 0 aliphatic carbocycles. The zero-order valence-corrected chi connectivity index (χ0v) is 19.1. The van der Waals surface area contributed by atoms with Gasteiger partial charge in [-0.3, -0.25) is 9.52 Å². The molecule has 1 aromatic heterocycles. The van der Waals surface area contributed by atoms with E-state index in [4.69, 9.17) is 15.0 Å². The Morgan fingerprint density at radius 2 is 1.49 bits per heavy atom. The molecule has 200 valence electrons. The predicted molar refractivity (Wildman–Crippen MR) is 117 cm³/mol. The van der Waals surface area contributed by atoms with Crippen LogP contribution in [0.2, 0.25) is 0 Å². The van der Waals surface area contributed by atoms with Crippen LogP contribution in [0.25, 0.3) is 10.9 Å². The van der Waals surface area contributed by atoms with E-state index in [1.54, 1.807) is 24.3 Å². The minimum atomic E-state index is -5.08. The van der Waals surface area contributed by atoms with Gasteiger partial charge < -0.3 is 15.5 Å². The van der Waals surface area contributed by atoms with Crippen LogP contribution in [-0.2, 0) is 32.3 Å². The maximum atomic E-state index is 12.7. The molecule has 4 N–H and O–H groups in total. The summed E-state index contributed by atoms with van der Waals surface area (Å²) in [6.07, 6.45) is -9.65. The lowest BCUT2D eigenvalue weighted by molar-refractivity contribution is -0.192. The summed E-state index contributed by atoms with van der Waals surface area (Å²) in [4.78, 5) is 23.5. The first-order valence-corrected chi connectivity index (χ1v) is 11.3. The minimum Gasteiger partial charge on any atom is -0.480 e. The fourth-order valence-corrected chi connectivity index (χ4v) is 3.76. The molecule has 0 bridgehead atoms. The molecule has 0 aliphatic rings. The topological polar surface area (TPSA) is 146 Å². The van der Waals surface area contributed by atoms with Gasteiger partial charge in [0.2, 0.25) is 0 Å². The molecule has 3 aromatic rings. The Morgan fingerprint density at radius 1 is 0.892 bits per heavy atom. The molecular formula is C21H17F6N3O6S. The number of fused-ring (bicyclic) bond motifs is 1. The summed E-state index contributed by atoms with van der Waals surface area (Å²) in [7, 11) is -4.16. The number of rotatable bonds is 7. The normalized spacial score (nSPS) is 11.9. The Bertz CT molecular complexity index is 1380. The number of benzene rings is 2. The quantitative estimate of drug-likeness (QED) is 0.323. The Labute approximate surface area is 204 Å². The number of hydrogen-bond acceptors (Lipinski definition) is 6. The Balaban J connectivity index is 0.000000604. The van der Waals surface area contributed by atoms with Gasteiger partial charge in [-0.2, -0.15) is 26.3 Å². The van der Waals surface area contributed by atoms with E-state index >= 15 is 0 Å². The number of nitrogens with one attached hydrogen (secondary N) is 2. The average Bonchev–Trinajstić information content (AvgIpc) is 2.78. The highest BCUT2D eigenvalue weighted by molar-refractivity contribution is 7.92. The number of para-hydroxylation sites is 1. The van der Waals surface area contributed by atoms with Crippen molar-refractivity contribution < 1.29 is 54.6 Å². The van der Waals surface area contributed by atoms with E-state index in [9.17, 15) is 39.6 Å². The third-order valence-electron chi connectivity index (χ3n) is 4.34. The lowest BCUT2D eigenvalue weighted by Gasteiger charge is -2.12. The molecule has 0 amide bonds. The number of aliphatic carboxylic acids is 2. The standard InChI is InChI=1S/C19H16F3N3O4S.C2HF3O2/c20-19(21,22)13-5-8-15(9-6-13)30(28,29)25-16-3-1-2-12-4-7-14(24-18(12)16)10-23-11-17(26)27;3-2(4,5)1(6)7/h1-9,23,25H,10-11H2,(H,26,27);(H,6,7). The fourth-order valence-electron chi connectivity index (χ4n) is 2.69. The number of carboxylic acids is 2. The molecule has 9 nitrogen and oxygen atoms in total. The van der Waals surface area contributed by atoms with Crippen molar-refractivity contribution in [2.75, 3.05) is 11.3 Å². The molecule has 0 saturated heterocycles. The summed E-state index contributed by atoms with van der Waals surface area (Å²) in [5, 5.41) is 19.1. The monoisotopic (exact) mass is 553 g/mol. The van der Waals surface area contributed by atoms with Crippen molar-refractivity contribution in [1.82, 2.24) is 10.3 Å². The van der Waals surface area contributed by atoms with E-state index < -0.39 is 39.9 Å². The van der Waals surface area contributed by atoms with Gasteiger partial charge in [-0.15, -0.1) is 0 Å². The van der Waals surface area contributed by atoms with E-state index in [0.29, 0.717) is 28.7 Å². The van der Waals surface area contributed by atoms with Crippen LogP contribution < -0.4 is 10.0 Å². The second kappa shape index (κ2) is 11.4. The van der Waals surface area contributed by atoms with Crippen molar-refractivity contribution in [3.63, 3.8) is 0 Å². The van der Waals surface area contributed by atoms with Crippen molar-refractivity contribution in [1.29, 1.82) is 0 Å². The largest absolute Gasteiger partial charge is 0.490 e. The highest BCUT2D eigenvalue weighted by Crippen LogP contribution is 2.30. The van der Waals surface area contributed by atoms with E-state index in [0.717, 1.165) is 12.1 Å². The Kier molecular flexibility index (Phi) is 9.05. The maximum absolute atomic E-state index is 12.7. The van der Waals surface area contributed by atoms with Crippen LogP contribution in [0.15, 0.2) is 59.5 Å². The Hall–Kier alpha value is -3.92. The van der Waals surface area contributed by atoms with Gasteiger partial charge in [0.1, 0.15) is 0 Å². The van der Waals surface area contributed by atoms with Gasteiger partial charge in [0, 0.05) is 11.9 Å². The van der Waals surface area contributed by atoms with Gasteiger partial charge in [-0.05, 0) is 36.4 Å². The van der Waals surface area contributed by atoms with Crippen molar-refractivity contribution in [3.8, 4) is 0 Å². The molecule has 2 aromatic carbocycles. The van der Waals surface area contributed by atoms with Gasteiger partial charge in [0.15, 0.2) is 0 Å². The molecule has 0 radical (unpaired) electrons. The average molecular weight is 553 g/mol. The van der Waals surface area contributed by atoms with Gasteiger partial charge >= 0.3 is 24.3 Å². The van der Waals surface area contributed by atoms with Crippen LogP contribution in [0.3, 0.4) is 0 Å². The number of halogens is 6. The number of nitrogens with zero attached hydrogens (tertiary/aromatic N) is 1. The summed E-state index contributed by atoms with van der Waals surface area (Å²) in [6, 6.07) is 11.3. The first-order valence-electron chi connectivity index (χ1n) is 9.82. The smallest absolute Gasteiger partial charge is 0.480 e. The SMILES string of the molecule is O=C(O)C(F)(F)F.O=C(O)CNCc1ccc2cccc(NS(=O)(=O)c3ccc(C(F)(F)F)cc3)c2n1. The lowest BCUT2D eigenvalue weighted by Crippen LogP contribution is -2.22. The van der Waals surface area contributed by atoms with Crippen LogP contribution >= 0.6 is 0 Å². The van der Waals surface area contributed by atoms with Gasteiger partial charge in [-0.1, -0.05) is 18.2 Å². The molecular weight excluding hydrogens is 536 g/mol. The van der Waals surface area contributed by atoms with Gasteiger partial charge in [-0.25, -0.2) is 18.2 Å². The molecule has 0 spiro atoms. The first-order chi connectivity index (χ1) is 17.0. The van der Waals surface area contributed by atoms with Gasteiger partial charge in [0.25, 0.3) is 10.0 Å². The van der Waals surface area contributed by atoms with Crippen LogP contribution in [-0.4, -0.2) is 48.3 Å². The predicted octanol–water partition coefficient (Wildman–Crippen LogP) is 3.86. The summed E-state index contributed by atoms with van der Waals surface area (Å²) in [5.41, 5.74) is 0.00630. The Morgan fingerprint density at radius 3 is 2.00 bits per heavy atom. The number of anilines is 1. The third-order valence-corrected chi connectivity index (χ3v) is 5.72. The number of alkyl halides is 6. The second-order valence-corrected chi connectivity index (χ2v) is 8.79. The minimum absolute atomic E-state index is 0.146. The first kappa shape index (κ1) is 29.3. The lowest BCUT2D eigenvalue weighted by atomic mass is 10.2.